The Hall–Kier alpha value is -1.06. The van der Waals surface area contributed by atoms with E-state index in [1.807, 2.05) is 0 Å². The first kappa shape index (κ1) is 13.4. The van der Waals surface area contributed by atoms with Gasteiger partial charge in [-0.2, -0.15) is 0 Å². The van der Waals surface area contributed by atoms with Crippen LogP contribution in [0.4, 0.5) is 5.69 Å². The lowest BCUT2D eigenvalue weighted by Crippen LogP contribution is -2.32. The fourth-order valence-corrected chi connectivity index (χ4v) is 2.49. The third kappa shape index (κ3) is 3.24. The first-order chi connectivity index (χ1) is 8.68. The van der Waals surface area contributed by atoms with Crippen LogP contribution < -0.4 is 10.2 Å². The summed E-state index contributed by atoms with van der Waals surface area (Å²) in [6.07, 6.45) is 0.312. The fraction of sp³-hybridized carbons (Fsp3) is 0.600. The van der Waals surface area contributed by atoms with Gasteiger partial charge in [-0.1, -0.05) is 18.2 Å². The molecule has 0 amide bonds. The Morgan fingerprint density at radius 1 is 1.39 bits per heavy atom. The van der Waals surface area contributed by atoms with Crippen molar-refractivity contribution < 1.29 is 4.74 Å². The average molecular weight is 248 g/mol. The van der Waals surface area contributed by atoms with Crippen molar-refractivity contribution in [3.63, 3.8) is 0 Å². The average Bonchev–Trinajstić information content (AvgIpc) is 2.52. The topological polar surface area (TPSA) is 24.5 Å². The zero-order chi connectivity index (χ0) is 13.0. The molecule has 0 aromatic heterocycles. The van der Waals surface area contributed by atoms with E-state index in [2.05, 4.69) is 49.2 Å². The molecule has 0 fully saturated rings. The number of nitrogens with one attached hydrogen (secondary N) is 1. The highest BCUT2D eigenvalue weighted by molar-refractivity contribution is 5.60. The first-order valence-electron chi connectivity index (χ1n) is 6.84. The van der Waals surface area contributed by atoms with Crippen molar-refractivity contribution in [2.45, 2.75) is 33.4 Å². The summed E-state index contributed by atoms with van der Waals surface area (Å²) in [6, 6.07) is 6.56. The standard InChI is InChI=1S/C15H24N2O/c1-12(2)18-10-9-17-8-7-16-11-14-6-4-5-13(3)15(14)17/h4-6,12,16H,7-11H2,1-3H3. The summed E-state index contributed by atoms with van der Waals surface area (Å²) in [6.45, 7) is 11.2. The van der Waals surface area contributed by atoms with Crippen LogP contribution in [0, 0.1) is 6.92 Å². The summed E-state index contributed by atoms with van der Waals surface area (Å²) >= 11 is 0. The Bertz CT molecular complexity index is 390. The number of ether oxygens (including phenoxy) is 1. The number of anilines is 1. The van der Waals surface area contributed by atoms with Crippen molar-refractivity contribution in [1.29, 1.82) is 0 Å². The second kappa shape index (κ2) is 6.21. The van der Waals surface area contributed by atoms with E-state index >= 15 is 0 Å². The van der Waals surface area contributed by atoms with Crippen LogP contribution in [-0.4, -0.2) is 32.3 Å². The lowest BCUT2D eigenvalue weighted by molar-refractivity contribution is 0.0841. The van der Waals surface area contributed by atoms with Gasteiger partial charge in [0.1, 0.15) is 0 Å². The van der Waals surface area contributed by atoms with Gasteiger partial charge in [-0.15, -0.1) is 0 Å². The molecule has 0 unspecified atom stereocenters. The lowest BCUT2D eigenvalue weighted by atomic mass is 10.1. The molecule has 3 nitrogen and oxygen atoms in total. The number of benzene rings is 1. The smallest absolute Gasteiger partial charge is 0.0645 e. The largest absolute Gasteiger partial charge is 0.377 e. The molecular formula is C15H24N2O. The van der Waals surface area contributed by atoms with E-state index in [1.165, 1.54) is 16.8 Å². The second-order valence-corrected chi connectivity index (χ2v) is 5.17. The van der Waals surface area contributed by atoms with Gasteiger partial charge < -0.3 is 15.0 Å². The van der Waals surface area contributed by atoms with Crippen molar-refractivity contribution >= 4 is 5.69 Å². The molecule has 0 atom stereocenters. The van der Waals surface area contributed by atoms with E-state index in [1.54, 1.807) is 0 Å². The van der Waals surface area contributed by atoms with E-state index < -0.39 is 0 Å². The van der Waals surface area contributed by atoms with Crippen molar-refractivity contribution in [2.24, 2.45) is 0 Å². The predicted molar refractivity (Wildman–Crippen MR) is 76.2 cm³/mol. The third-order valence-corrected chi connectivity index (χ3v) is 3.32. The van der Waals surface area contributed by atoms with Gasteiger partial charge in [0.25, 0.3) is 0 Å². The van der Waals surface area contributed by atoms with Gasteiger partial charge >= 0.3 is 0 Å². The molecule has 1 heterocycles. The second-order valence-electron chi connectivity index (χ2n) is 5.17. The molecule has 1 aliphatic rings. The Morgan fingerprint density at radius 2 is 2.22 bits per heavy atom. The van der Waals surface area contributed by atoms with E-state index in [-0.39, 0.29) is 0 Å². The molecule has 100 valence electrons. The van der Waals surface area contributed by atoms with Gasteiger partial charge in [0.2, 0.25) is 0 Å². The highest BCUT2D eigenvalue weighted by Crippen LogP contribution is 2.26. The number of nitrogens with zero attached hydrogens (tertiary/aromatic N) is 1. The SMILES string of the molecule is Cc1cccc2c1N(CCOC(C)C)CCNC2. The van der Waals surface area contributed by atoms with Crippen molar-refractivity contribution in [2.75, 3.05) is 31.1 Å². The molecule has 1 aliphatic heterocycles. The van der Waals surface area contributed by atoms with Gasteiger partial charge in [0.05, 0.1) is 12.7 Å². The van der Waals surface area contributed by atoms with E-state index in [0.29, 0.717) is 6.10 Å². The van der Waals surface area contributed by atoms with Crippen molar-refractivity contribution in [3.05, 3.63) is 29.3 Å². The van der Waals surface area contributed by atoms with Crippen LogP contribution in [0.15, 0.2) is 18.2 Å². The Balaban J connectivity index is 2.11. The summed E-state index contributed by atoms with van der Waals surface area (Å²) in [7, 11) is 0. The number of rotatable bonds is 4. The van der Waals surface area contributed by atoms with Crippen LogP contribution in [0.2, 0.25) is 0 Å². The fourth-order valence-electron chi connectivity index (χ4n) is 2.49. The normalized spacial score (nSPS) is 15.7. The predicted octanol–water partition coefficient (Wildman–Crippen LogP) is 2.33. The maximum absolute atomic E-state index is 5.68. The van der Waals surface area contributed by atoms with Crippen LogP contribution in [0.5, 0.6) is 0 Å². The van der Waals surface area contributed by atoms with Crippen LogP contribution in [0.3, 0.4) is 0 Å². The molecule has 0 saturated carbocycles. The summed E-state index contributed by atoms with van der Waals surface area (Å²) in [5.41, 5.74) is 4.16. The number of aryl methyl sites for hydroxylation is 1. The molecule has 0 spiro atoms. The maximum atomic E-state index is 5.68. The minimum Gasteiger partial charge on any atom is -0.377 e. The van der Waals surface area contributed by atoms with E-state index in [0.717, 1.165) is 32.8 Å². The monoisotopic (exact) mass is 248 g/mol. The number of para-hydroxylation sites is 1. The lowest BCUT2D eigenvalue weighted by Gasteiger charge is -2.26. The number of hydrogen-bond acceptors (Lipinski definition) is 3. The van der Waals surface area contributed by atoms with Crippen LogP contribution in [-0.2, 0) is 11.3 Å². The number of hydrogen-bond donors (Lipinski definition) is 1. The molecule has 2 rings (SSSR count). The van der Waals surface area contributed by atoms with Crippen LogP contribution >= 0.6 is 0 Å². The molecule has 0 saturated heterocycles. The van der Waals surface area contributed by atoms with Gasteiger partial charge in [0, 0.05) is 31.9 Å². The first-order valence-corrected chi connectivity index (χ1v) is 6.84. The Morgan fingerprint density at radius 3 is 3.00 bits per heavy atom. The maximum Gasteiger partial charge on any atom is 0.0645 e. The summed E-state index contributed by atoms with van der Waals surface area (Å²) in [5, 5.41) is 3.48. The minimum absolute atomic E-state index is 0.312. The molecule has 0 bridgehead atoms. The summed E-state index contributed by atoms with van der Waals surface area (Å²) in [4.78, 5) is 2.45. The highest BCUT2D eigenvalue weighted by atomic mass is 16.5. The Labute approximate surface area is 110 Å². The highest BCUT2D eigenvalue weighted by Gasteiger charge is 2.16. The Kier molecular flexibility index (Phi) is 4.61. The minimum atomic E-state index is 0.312. The number of fused-ring (bicyclic) bond motifs is 1. The van der Waals surface area contributed by atoms with Gasteiger partial charge in [-0.25, -0.2) is 0 Å². The zero-order valence-electron chi connectivity index (χ0n) is 11.7. The summed E-state index contributed by atoms with van der Waals surface area (Å²) in [5.74, 6) is 0. The molecule has 18 heavy (non-hydrogen) atoms. The van der Waals surface area contributed by atoms with Gasteiger partial charge in [-0.05, 0) is 31.9 Å². The molecule has 0 aliphatic carbocycles. The molecular weight excluding hydrogens is 224 g/mol. The van der Waals surface area contributed by atoms with Gasteiger partial charge in [0.15, 0.2) is 0 Å². The quantitative estimate of drug-likeness (QED) is 0.885. The molecule has 1 N–H and O–H groups in total. The zero-order valence-corrected chi connectivity index (χ0v) is 11.7. The molecule has 0 radical (unpaired) electrons. The molecule has 1 aromatic rings. The van der Waals surface area contributed by atoms with Crippen LogP contribution in [0.1, 0.15) is 25.0 Å². The third-order valence-electron chi connectivity index (χ3n) is 3.32. The van der Waals surface area contributed by atoms with Crippen molar-refractivity contribution in [1.82, 2.24) is 5.32 Å². The molecule has 3 heteroatoms. The summed E-state index contributed by atoms with van der Waals surface area (Å²) < 4.78 is 5.68. The van der Waals surface area contributed by atoms with Crippen LogP contribution in [0.25, 0.3) is 0 Å². The van der Waals surface area contributed by atoms with Crippen molar-refractivity contribution in [3.8, 4) is 0 Å². The van der Waals surface area contributed by atoms with Gasteiger partial charge in [-0.3, -0.25) is 0 Å². The van der Waals surface area contributed by atoms with E-state index in [9.17, 15) is 0 Å². The molecule has 1 aromatic carbocycles. The van der Waals surface area contributed by atoms with E-state index in [4.69, 9.17) is 4.74 Å².